The smallest absolute Gasteiger partial charge is 0.0972 e. The van der Waals surface area contributed by atoms with E-state index in [0.29, 0.717) is 22.3 Å². The summed E-state index contributed by atoms with van der Waals surface area (Å²) in [5.41, 5.74) is 9.17. The Morgan fingerprint density at radius 2 is 0.930 bits per heavy atom. The Labute approximate surface area is 343 Å². The van der Waals surface area contributed by atoms with E-state index in [-0.39, 0.29) is 46.1 Å². The number of benzene rings is 8. The molecule has 0 N–H and O–H groups in total. The molecule has 0 aliphatic carbocycles. The molecular formula is C54H34N2S. The lowest BCUT2D eigenvalue weighted by Crippen LogP contribution is -1.92. The number of nitrogens with zero attached hydrogens (tertiary/aromatic N) is 2. The predicted molar refractivity (Wildman–Crippen MR) is 243 cm³/mol. The van der Waals surface area contributed by atoms with Crippen LogP contribution >= 0.6 is 11.3 Å². The lowest BCUT2D eigenvalue weighted by atomic mass is 9.87. The Morgan fingerprint density at radius 1 is 0.386 bits per heavy atom. The molecule has 0 aliphatic heterocycles. The van der Waals surface area contributed by atoms with E-state index in [1.807, 2.05) is 72.8 Å². The molecule has 0 radical (unpaired) electrons. The first-order valence-electron chi connectivity index (χ1n) is 21.8. The molecule has 0 atom stereocenters. The van der Waals surface area contributed by atoms with Gasteiger partial charge in [-0.3, -0.25) is 4.98 Å². The van der Waals surface area contributed by atoms with Crippen molar-refractivity contribution in [1.82, 2.24) is 9.97 Å². The highest BCUT2D eigenvalue weighted by molar-refractivity contribution is 7.20. The van der Waals surface area contributed by atoms with Crippen molar-refractivity contribution < 1.29 is 8.22 Å². The van der Waals surface area contributed by atoms with Gasteiger partial charge in [-0.1, -0.05) is 188 Å². The second-order valence-corrected chi connectivity index (χ2v) is 15.0. The van der Waals surface area contributed by atoms with Gasteiger partial charge >= 0.3 is 0 Å². The number of aromatic nitrogens is 2. The minimum Gasteiger partial charge on any atom is -0.254 e. The van der Waals surface area contributed by atoms with E-state index in [9.17, 15) is 5.48 Å². The monoisotopic (exact) mass is 748 g/mol. The molecule has 0 unspecified atom stereocenters. The summed E-state index contributed by atoms with van der Waals surface area (Å²) < 4.78 is 55.9. The predicted octanol–water partition coefficient (Wildman–Crippen LogP) is 15.2. The van der Waals surface area contributed by atoms with Crippen LogP contribution < -0.4 is 0 Å². The Morgan fingerprint density at radius 3 is 1.63 bits per heavy atom. The van der Waals surface area contributed by atoms with Crippen LogP contribution in [0.4, 0.5) is 0 Å². The molecular weight excluding hydrogens is 709 g/mol. The average molecular weight is 749 g/mol. The van der Waals surface area contributed by atoms with E-state index in [4.69, 9.17) is 7.73 Å². The average Bonchev–Trinajstić information content (AvgIpc) is 3.74. The SMILES string of the molecule is [2H]c1c([2H])c([2H])c2c(-c3ccc(-c4sc(-c5ccccc5)c(-c5ccccc5)c4-c4ccccc4)c4ccccc34)c([2H])c([2H])c(-c3ccc4ccc5cccnc5c4n3)c2c1[2H]. The molecule has 0 spiro atoms. The van der Waals surface area contributed by atoms with E-state index >= 15 is 0 Å². The van der Waals surface area contributed by atoms with Crippen LogP contribution in [0.1, 0.15) is 8.22 Å². The van der Waals surface area contributed by atoms with Gasteiger partial charge in [0.25, 0.3) is 0 Å². The standard InChI is InChI=1S/C54H34N2S/c1-4-15-35(16-5-1)49-50(36-17-6-2-7-18-36)54(57-53(49)39-19-8-3-9-20-39)47-32-30-45(41-23-11-13-25-43(41)47)44-29-31-46(42-24-12-10-22-40(42)44)48-33-28-38-27-26-37-21-14-34-55-51(37)52(38)56-48/h1-34H/i10D,12D,22D,24D,29D,31D. The highest BCUT2D eigenvalue weighted by atomic mass is 32.1. The second kappa shape index (κ2) is 13.8. The minimum atomic E-state index is -0.417. The maximum atomic E-state index is 9.77. The zero-order valence-electron chi connectivity index (χ0n) is 36.5. The quantitative estimate of drug-likeness (QED) is 0.158. The second-order valence-electron chi connectivity index (χ2n) is 14.0. The summed E-state index contributed by atoms with van der Waals surface area (Å²) in [5, 5.41) is 3.75. The minimum absolute atomic E-state index is 0.148. The zero-order chi connectivity index (χ0) is 42.9. The summed E-state index contributed by atoms with van der Waals surface area (Å²) in [5.74, 6) is 0. The van der Waals surface area contributed by atoms with Crippen molar-refractivity contribution in [2.75, 3.05) is 0 Å². The summed E-state index contributed by atoms with van der Waals surface area (Å²) in [6.07, 6.45) is 1.70. The van der Waals surface area contributed by atoms with Gasteiger partial charge in [0.15, 0.2) is 0 Å². The zero-order valence-corrected chi connectivity index (χ0v) is 31.3. The van der Waals surface area contributed by atoms with Crippen molar-refractivity contribution in [1.29, 1.82) is 0 Å². The van der Waals surface area contributed by atoms with Gasteiger partial charge in [-0.2, -0.15) is 0 Å². The van der Waals surface area contributed by atoms with Crippen LogP contribution in [0.5, 0.6) is 0 Å². The van der Waals surface area contributed by atoms with Gasteiger partial charge in [-0.25, -0.2) is 4.98 Å². The molecule has 0 bridgehead atoms. The van der Waals surface area contributed by atoms with E-state index < -0.39 is 12.1 Å². The van der Waals surface area contributed by atoms with Gasteiger partial charge in [0.05, 0.1) is 25.0 Å². The summed E-state index contributed by atoms with van der Waals surface area (Å²) in [6, 6.07) is 53.1. The molecule has 266 valence electrons. The van der Waals surface area contributed by atoms with Gasteiger partial charge in [-0.15, -0.1) is 11.3 Å². The van der Waals surface area contributed by atoms with Crippen LogP contribution in [0.3, 0.4) is 0 Å². The largest absolute Gasteiger partial charge is 0.254 e. The van der Waals surface area contributed by atoms with Crippen molar-refractivity contribution in [3.8, 4) is 65.5 Å². The summed E-state index contributed by atoms with van der Waals surface area (Å²) in [6.45, 7) is 0. The molecule has 57 heavy (non-hydrogen) atoms. The number of thiophene rings is 1. The number of fused-ring (bicyclic) bond motifs is 5. The Bertz CT molecular complexity index is 3630. The molecule has 3 aromatic heterocycles. The fourth-order valence-corrected chi connectivity index (χ4v) is 9.47. The lowest BCUT2D eigenvalue weighted by molar-refractivity contribution is 1.37. The van der Waals surface area contributed by atoms with E-state index in [0.717, 1.165) is 64.7 Å². The third-order valence-corrected chi connectivity index (χ3v) is 12.0. The molecule has 8 aromatic carbocycles. The number of hydrogen-bond donors (Lipinski definition) is 0. The molecule has 0 aliphatic rings. The summed E-state index contributed by atoms with van der Waals surface area (Å²) in [4.78, 5) is 11.8. The van der Waals surface area contributed by atoms with Gasteiger partial charge < -0.3 is 0 Å². The van der Waals surface area contributed by atoms with E-state index in [1.54, 1.807) is 23.6 Å². The molecule has 11 rings (SSSR count). The van der Waals surface area contributed by atoms with Crippen LogP contribution in [-0.2, 0) is 0 Å². The first-order chi connectivity index (χ1) is 30.8. The van der Waals surface area contributed by atoms with E-state index in [1.165, 1.54) is 0 Å². The highest BCUT2D eigenvalue weighted by Gasteiger charge is 2.25. The van der Waals surface area contributed by atoms with Crippen molar-refractivity contribution in [2.45, 2.75) is 0 Å². The Kier molecular flexibility index (Phi) is 6.64. The van der Waals surface area contributed by atoms with Gasteiger partial charge in [-0.05, 0) is 61.5 Å². The van der Waals surface area contributed by atoms with Crippen LogP contribution in [0.15, 0.2) is 206 Å². The fourth-order valence-electron chi connectivity index (χ4n) is 8.08. The first kappa shape index (κ1) is 27.4. The maximum Gasteiger partial charge on any atom is 0.0972 e. The fraction of sp³-hybridized carbons (Fsp3) is 0. The Balaban J connectivity index is 1.21. The van der Waals surface area contributed by atoms with Crippen molar-refractivity contribution in [3.63, 3.8) is 0 Å². The van der Waals surface area contributed by atoms with Gasteiger partial charge in [0.2, 0.25) is 0 Å². The van der Waals surface area contributed by atoms with Gasteiger partial charge in [0, 0.05) is 49.0 Å². The van der Waals surface area contributed by atoms with Crippen LogP contribution in [0.2, 0.25) is 0 Å². The molecule has 0 amide bonds. The molecule has 0 saturated carbocycles. The highest BCUT2D eigenvalue weighted by Crippen LogP contribution is 2.53. The maximum absolute atomic E-state index is 9.77. The Hall–Kier alpha value is -7.20. The molecule has 3 heteroatoms. The summed E-state index contributed by atoms with van der Waals surface area (Å²) >= 11 is 1.74. The third kappa shape index (κ3) is 5.63. The molecule has 0 fully saturated rings. The van der Waals surface area contributed by atoms with Crippen molar-refractivity contribution >= 4 is 54.7 Å². The van der Waals surface area contributed by atoms with Crippen LogP contribution in [0.25, 0.3) is 109 Å². The lowest BCUT2D eigenvalue weighted by Gasteiger charge is -2.16. The number of hydrogen-bond acceptors (Lipinski definition) is 3. The van der Waals surface area contributed by atoms with Gasteiger partial charge in [0.1, 0.15) is 0 Å². The van der Waals surface area contributed by atoms with Crippen LogP contribution in [0, 0.1) is 0 Å². The normalized spacial score (nSPS) is 13.0. The topological polar surface area (TPSA) is 25.8 Å². The summed E-state index contributed by atoms with van der Waals surface area (Å²) in [7, 11) is 0. The number of pyridine rings is 2. The molecule has 2 nitrogen and oxygen atoms in total. The van der Waals surface area contributed by atoms with Crippen LogP contribution in [-0.4, -0.2) is 9.97 Å². The van der Waals surface area contributed by atoms with Crippen molar-refractivity contribution in [3.05, 3.63) is 206 Å². The first-order valence-corrected chi connectivity index (χ1v) is 19.7. The third-order valence-electron chi connectivity index (χ3n) is 10.7. The molecule has 11 aromatic rings. The number of rotatable bonds is 6. The van der Waals surface area contributed by atoms with Crippen molar-refractivity contribution in [2.24, 2.45) is 0 Å². The molecule has 0 saturated heterocycles. The molecule has 3 heterocycles. The van der Waals surface area contributed by atoms with E-state index in [2.05, 4.69) is 89.9 Å².